The lowest BCUT2D eigenvalue weighted by Gasteiger charge is -2.29. The number of imide groups is 1. The minimum Gasteiger partial charge on any atom is -0.378 e. The molecule has 0 saturated carbocycles. The second-order valence-corrected chi connectivity index (χ2v) is 14.8. The average molecular weight is 752 g/mol. The maximum Gasteiger partial charge on any atom is 0.255 e. The number of nitrogens with one attached hydrogen (secondary N) is 3. The number of rotatable bonds is 10. The summed E-state index contributed by atoms with van der Waals surface area (Å²) >= 11 is 6.17. The number of hydrogen-bond donors (Lipinski definition) is 3. The second kappa shape index (κ2) is 15.9. The van der Waals surface area contributed by atoms with Crippen LogP contribution in [-0.4, -0.2) is 50.0 Å². The molecule has 2 atom stereocenters. The smallest absolute Gasteiger partial charge is 0.255 e. The molecule has 0 bridgehead atoms. The van der Waals surface area contributed by atoms with Crippen LogP contribution in [0.1, 0.15) is 88.8 Å². The molecule has 3 N–H and O–H groups in total. The van der Waals surface area contributed by atoms with Crippen LogP contribution in [0.15, 0.2) is 84.9 Å². The molecule has 0 radical (unpaired) electrons. The number of carbonyl (C=O) groups excluding carboxylic acids is 3. The summed E-state index contributed by atoms with van der Waals surface area (Å²) in [6, 6.07) is 28.3. The molecule has 5 aromatic rings. The lowest BCUT2D eigenvalue weighted by atomic mass is 9.95. The van der Waals surface area contributed by atoms with E-state index in [0.717, 1.165) is 90.5 Å². The van der Waals surface area contributed by atoms with Crippen LogP contribution in [0.5, 0.6) is 0 Å². The highest BCUT2D eigenvalue weighted by Crippen LogP contribution is 2.37. The van der Waals surface area contributed by atoms with Gasteiger partial charge < -0.3 is 15.5 Å². The third kappa shape index (κ3) is 7.77. The van der Waals surface area contributed by atoms with Gasteiger partial charge in [-0.25, -0.2) is 0 Å². The van der Waals surface area contributed by atoms with Gasteiger partial charge in [0.2, 0.25) is 11.8 Å². The predicted molar refractivity (Wildman–Crippen MR) is 213 cm³/mol. The zero-order valence-electron chi connectivity index (χ0n) is 30.7. The highest BCUT2D eigenvalue weighted by Gasteiger charge is 2.39. The van der Waals surface area contributed by atoms with Crippen molar-refractivity contribution in [2.24, 2.45) is 0 Å². The van der Waals surface area contributed by atoms with Gasteiger partial charge in [-0.2, -0.15) is 0 Å². The third-order valence-corrected chi connectivity index (χ3v) is 11.0. The summed E-state index contributed by atoms with van der Waals surface area (Å²) in [5.74, 6) is 7.54. The highest BCUT2D eigenvalue weighted by atomic mass is 35.5. The van der Waals surface area contributed by atoms with Crippen molar-refractivity contribution < 1.29 is 14.4 Å². The summed E-state index contributed by atoms with van der Waals surface area (Å²) in [6.45, 7) is 4.01. The van der Waals surface area contributed by atoms with E-state index < -0.39 is 11.9 Å². The summed E-state index contributed by atoms with van der Waals surface area (Å²) in [6.07, 6.45) is 4.99. The van der Waals surface area contributed by atoms with Crippen LogP contribution < -0.4 is 16.0 Å². The third-order valence-electron chi connectivity index (χ3n) is 10.7. The molecule has 8 rings (SSSR count). The Labute approximate surface area is 325 Å². The zero-order valence-corrected chi connectivity index (χ0v) is 31.5. The van der Waals surface area contributed by atoms with Crippen molar-refractivity contribution in [3.63, 3.8) is 0 Å². The fourth-order valence-electron chi connectivity index (χ4n) is 7.80. The van der Waals surface area contributed by atoms with Crippen molar-refractivity contribution in [3.05, 3.63) is 129 Å². The van der Waals surface area contributed by atoms with Gasteiger partial charge in [0.05, 0.1) is 11.7 Å². The molecule has 11 heteroatoms. The van der Waals surface area contributed by atoms with Crippen LogP contribution in [0.3, 0.4) is 0 Å². The number of anilines is 1. The van der Waals surface area contributed by atoms with Gasteiger partial charge in [0.15, 0.2) is 0 Å². The minimum absolute atomic E-state index is 0.0919. The molecule has 1 aromatic heterocycles. The lowest BCUT2D eigenvalue weighted by molar-refractivity contribution is -0.136. The average Bonchev–Trinajstić information content (AvgIpc) is 3.68. The van der Waals surface area contributed by atoms with Crippen LogP contribution in [0.25, 0.3) is 16.8 Å². The Morgan fingerprint density at radius 2 is 1.73 bits per heavy atom. The summed E-state index contributed by atoms with van der Waals surface area (Å²) in [5.41, 5.74) is 9.17. The first-order valence-corrected chi connectivity index (χ1v) is 19.3. The molecule has 3 amide bonds. The Hall–Kier alpha value is -5.76. The van der Waals surface area contributed by atoms with Gasteiger partial charge in [-0.3, -0.25) is 24.3 Å². The Morgan fingerprint density at radius 3 is 2.55 bits per heavy atom. The second-order valence-electron chi connectivity index (χ2n) is 14.4. The molecule has 278 valence electrons. The maximum absolute atomic E-state index is 13.1. The van der Waals surface area contributed by atoms with Crippen LogP contribution in [0.4, 0.5) is 5.69 Å². The van der Waals surface area contributed by atoms with Crippen molar-refractivity contribution >= 4 is 35.0 Å². The fourth-order valence-corrected chi connectivity index (χ4v) is 7.92. The normalized spacial score (nSPS) is 17.4. The van der Waals surface area contributed by atoms with Crippen LogP contribution in [-0.2, 0) is 29.1 Å². The number of hydrogen-bond acceptors (Lipinski definition) is 7. The highest BCUT2D eigenvalue weighted by molar-refractivity contribution is 6.30. The zero-order chi connectivity index (χ0) is 37.9. The molecule has 3 aliphatic heterocycles. The maximum atomic E-state index is 13.1. The minimum atomic E-state index is -0.629. The van der Waals surface area contributed by atoms with E-state index >= 15 is 0 Å². The van der Waals surface area contributed by atoms with E-state index in [0.29, 0.717) is 23.6 Å². The van der Waals surface area contributed by atoms with Crippen LogP contribution in [0, 0.1) is 18.8 Å². The Morgan fingerprint density at radius 1 is 0.909 bits per heavy atom. The molecule has 10 nitrogen and oxygen atoms in total. The van der Waals surface area contributed by atoms with Gasteiger partial charge in [0.25, 0.3) is 5.91 Å². The van der Waals surface area contributed by atoms with Gasteiger partial charge in [-0.15, -0.1) is 10.2 Å². The first-order valence-electron chi connectivity index (χ1n) is 18.9. The molecule has 3 aliphatic rings. The number of unbranched alkanes of at least 4 members (excludes halogenated alkanes) is 2. The van der Waals surface area contributed by atoms with E-state index in [-0.39, 0.29) is 24.3 Å². The molecule has 1 fully saturated rings. The molecule has 55 heavy (non-hydrogen) atoms. The Kier molecular flexibility index (Phi) is 10.5. The van der Waals surface area contributed by atoms with Gasteiger partial charge in [-0.1, -0.05) is 59.8 Å². The van der Waals surface area contributed by atoms with Crippen LogP contribution in [0.2, 0.25) is 5.02 Å². The molecular formula is C44H42ClN7O3. The monoisotopic (exact) mass is 751 g/mol. The first kappa shape index (κ1) is 36.2. The van der Waals surface area contributed by atoms with Crippen molar-refractivity contribution in [2.75, 3.05) is 11.9 Å². The number of nitrogens with zero attached hydrogens (tertiary/aromatic N) is 4. The molecule has 4 heterocycles. The quantitative estimate of drug-likeness (QED) is 0.0794. The van der Waals surface area contributed by atoms with E-state index in [1.54, 1.807) is 11.0 Å². The molecule has 0 aliphatic carbocycles. The predicted octanol–water partition coefficient (Wildman–Crippen LogP) is 7.07. The van der Waals surface area contributed by atoms with Crippen molar-refractivity contribution in [3.8, 4) is 28.7 Å². The Bertz CT molecular complexity index is 2320. The number of benzene rings is 4. The summed E-state index contributed by atoms with van der Waals surface area (Å²) in [4.78, 5) is 38.7. The number of aromatic nitrogens is 3. The first-order chi connectivity index (χ1) is 26.8. The lowest BCUT2D eigenvalue weighted by Crippen LogP contribution is -2.52. The number of aryl methyl sites for hydroxylation is 2. The van der Waals surface area contributed by atoms with E-state index in [9.17, 15) is 14.4 Å². The molecule has 2 unspecified atom stereocenters. The number of piperidine rings is 1. The number of carbonyl (C=O) groups is 3. The number of fused-ring (bicyclic) bond motifs is 4. The van der Waals surface area contributed by atoms with Gasteiger partial charge in [0.1, 0.15) is 17.7 Å². The topological polar surface area (TPSA) is 121 Å². The van der Waals surface area contributed by atoms with Gasteiger partial charge in [0, 0.05) is 54.2 Å². The van der Waals surface area contributed by atoms with Crippen molar-refractivity contribution in [2.45, 2.75) is 77.0 Å². The Balaban J connectivity index is 0.842. The molecule has 0 spiro atoms. The van der Waals surface area contributed by atoms with E-state index in [1.165, 1.54) is 11.1 Å². The van der Waals surface area contributed by atoms with E-state index in [2.05, 4.69) is 85.0 Å². The molecule has 1 saturated heterocycles. The number of amides is 3. The summed E-state index contributed by atoms with van der Waals surface area (Å²) in [7, 11) is 0. The van der Waals surface area contributed by atoms with Crippen molar-refractivity contribution in [1.29, 1.82) is 0 Å². The van der Waals surface area contributed by atoms with E-state index in [1.807, 2.05) is 43.3 Å². The molecular weight excluding hydrogens is 710 g/mol. The summed E-state index contributed by atoms with van der Waals surface area (Å²) in [5, 5.41) is 19.2. The van der Waals surface area contributed by atoms with Crippen molar-refractivity contribution in [1.82, 2.24) is 30.3 Å². The van der Waals surface area contributed by atoms with E-state index in [4.69, 9.17) is 11.6 Å². The molecule has 4 aromatic carbocycles. The SMILES string of the molecule is Cc1nnc2n1-c1ccc(-c3ccc(CNCCCCC#Cc4cccc5c4CN(C4CCC(=O)NC4=O)C5=O)cc3)cc1C(Nc1ccc(Cl)cc1)CC2. The standard InChI is InChI=1S/C44H42ClN7O3/c1-28-49-50-41-22-19-38(47-34-17-15-33(45)16-18-34)36-25-32(14-20-39(36)52(28)41)30-12-10-29(11-13-30)26-46-24-5-3-2-4-7-31-8-6-9-35-37(31)27-51(44(35)55)40-21-23-42(53)48-43(40)54/h6,8-18,20,25,38,40,46-47H,2-3,5,19,21-24,26-27H2,1H3,(H,48,53,54). The largest absolute Gasteiger partial charge is 0.378 e. The fraction of sp³-hybridized carbons (Fsp3) is 0.295. The number of halogens is 1. The van der Waals surface area contributed by atoms with Gasteiger partial charge in [-0.05, 0) is 115 Å². The summed E-state index contributed by atoms with van der Waals surface area (Å²) < 4.78 is 2.18. The van der Waals surface area contributed by atoms with Gasteiger partial charge >= 0.3 is 0 Å². The van der Waals surface area contributed by atoms with Crippen LogP contribution >= 0.6 is 11.6 Å².